The summed E-state index contributed by atoms with van der Waals surface area (Å²) >= 11 is 0. The number of hydrogen-bond acceptors (Lipinski definition) is 1. The maximum atomic E-state index is 11.7. The number of ether oxygens (including phenoxy) is 1. The SMILES string of the molecule is C\C=C/C(=C\C=C\C)OC(F)(F)F. The lowest BCUT2D eigenvalue weighted by atomic mass is 10.4. The average Bonchev–Trinajstić information content (AvgIpc) is 1.98. The quantitative estimate of drug-likeness (QED) is 0.490. The fraction of sp³-hybridized carbons (Fsp3) is 0.333. The van der Waals surface area contributed by atoms with Crippen LogP contribution in [-0.4, -0.2) is 6.36 Å². The standard InChI is InChI=1S/C9H11F3O/c1-3-5-7-8(6-4-2)13-9(10,11)12/h3-7H,1-2H3/b5-3+,6-4-,8-7+. The van der Waals surface area contributed by atoms with E-state index in [2.05, 4.69) is 4.74 Å². The Hall–Kier alpha value is -1.19. The second-order valence-electron chi connectivity index (χ2n) is 2.14. The molecule has 0 spiro atoms. The van der Waals surface area contributed by atoms with Crippen LogP contribution < -0.4 is 0 Å². The lowest BCUT2D eigenvalue weighted by Crippen LogP contribution is -2.11. The van der Waals surface area contributed by atoms with Crippen LogP contribution in [0.5, 0.6) is 0 Å². The fourth-order valence-corrected chi connectivity index (χ4v) is 0.613. The van der Waals surface area contributed by atoms with Crippen molar-refractivity contribution in [1.29, 1.82) is 0 Å². The Balaban J connectivity index is 4.44. The molecule has 0 N–H and O–H groups in total. The minimum atomic E-state index is -4.63. The Morgan fingerprint density at radius 2 is 1.77 bits per heavy atom. The van der Waals surface area contributed by atoms with Crippen LogP contribution in [0.2, 0.25) is 0 Å². The summed E-state index contributed by atoms with van der Waals surface area (Å²) in [6.07, 6.45) is 2.42. The van der Waals surface area contributed by atoms with Crippen molar-refractivity contribution in [2.45, 2.75) is 20.2 Å². The normalized spacial score (nSPS) is 14.4. The fourth-order valence-electron chi connectivity index (χ4n) is 0.613. The van der Waals surface area contributed by atoms with Gasteiger partial charge in [-0.1, -0.05) is 18.2 Å². The summed E-state index contributed by atoms with van der Waals surface area (Å²) in [5, 5.41) is 0. The minimum Gasteiger partial charge on any atom is -0.406 e. The van der Waals surface area contributed by atoms with Gasteiger partial charge in [0, 0.05) is 0 Å². The highest BCUT2D eigenvalue weighted by Crippen LogP contribution is 2.21. The van der Waals surface area contributed by atoms with Crippen molar-refractivity contribution < 1.29 is 17.9 Å². The van der Waals surface area contributed by atoms with Crippen LogP contribution >= 0.6 is 0 Å². The van der Waals surface area contributed by atoms with Gasteiger partial charge in [-0.05, 0) is 26.0 Å². The van der Waals surface area contributed by atoms with Crippen LogP contribution in [0, 0.1) is 0 Å². The van der Waals surface area contributed by atoms with Gasteiger partial charge in [0.1, 0.15) is 5.76 Å². The second-order valence-corrected chi connectivity index (χ2v) is 2.14. The molecule has 0 saturated heterocycles. The molecule has 13 heavy (non-hydrogen) atoms. The van der Waals surface area contributed by atoms with E-state index < -0.39 is 6.36 Å². The third-order valence-corrected chi connectivity index (χ3v) is 1.02. The Bertz CT molecular complexity index is 224. The van der Waals surface area contributed by atoms with Crippen LogP contribution in [0.4, 0.5) is 13.2 Å². The Labute approximate surface area is 75.2 Å². The molecule has 0 bridgehead atoms. The monoisotopic (exact) mass is 192 g/mol. The molecule has 0 aromatic heterocycles. The predicted molar refractivity (Wildman–Crippen MR) is 44.9 cm³/mol. The second kappa shape index (κ2) is 5.45. The van der Waals surface area contributed by atoms with Crippen LogP contribution in [0.15, 0.2) is 36.1 Å². The summed E-state index contributed by atoms with van der Waals surface area (Å²) in [4.78, 5) is 0. The number of rotatable bonds is 3. The molecule has 0 fully saturated rings. The first-order valence-electron chi connectivity index (χ1n) is 3.71. The molecule has 0 aromatic rings. The van der Waals surface area contributed by atoms with Crippen molar-refractivity contribution in [3.8, 4) is 0 Å². The molecule has 0 aromatic carbocycles. The van der Waals surface area contributed by atoms with Crippen molar-refractivity contribution >= 4 is 0 Å². The largest absolute Gasteiger partial charge is 0.573 e. The molecule has 0 atom stereocenters. The molecule has 0 aliphatic rings. The summed E-state index contributed by atoms with van der Waals surface area (Å²) in [5.41, 5.74) is 0. The van der Waals surface area contributed by atoms with Gasteiger partial charge in [0.2, 0.25) is 0 Å². The van der Waals surface area contributed by atoms with E-state index in [1.807, 2.05) is 0 Å². The maximum absolute atomic E-state index is 11.7. The first-order chi connectivity index (χ1) is 5.99. The van der Waals surface area contributed by atoms with Crippen LogP contribution in [0.25, 0.3) is 0 Å². The molecule has 1 nitrogen and oxygen atoms in total. The molecule has 0 aliphatic carbocycles. The van der Waals surface area contributed by atoms with Crippen molar-refractivity contribution in [1.82, 2.24) is 0 Å². The van der Waals surface area contributed by atoms with Crippen molar-refractivity contribution in [3.05, 3.63) is 36.1 Å². The molecule has 0 saturated carbocycles. The number of hydrogen-bond donors (Lipinski definition) is 0. The highest BCUT2D eigenvalue weighted by molar-refractivity contribution is 5.17. The Kier molecular flexibility index (Phi) is 4.96. The van der Waals surface area contributed by atoms with E-state index >= 15 is 0 Å². The minimum absolute atomic E-state index is 0.229. The number of allylic oxidation sites excluding steroid dienone is 5. The highest BCUT2D eigenvalue weighted by Gasteiger charge is 2.31. The molecule has 0 unspecified atom stereocenters. The first-order valence-corrected chi connectivity index (χ1v) is 3.71. The topological polar surface area (TPSA) is 9.23 Å². The third-order valence-electron chi connectivity index (χ3n) is 1.02. The molecule has 0 radical (unpaired) electrons. The van der Waals surface area contributed by atoms with Gasteiger partial charge in [-0.3, -0.25) is 0 Å². The van der Waals surface area contributed by atoms with E-state index in [0.29, 0.717) is 0 Å². The summed E-state index contributed by atoms with van der Waals surface area (Å²) in [5.74, 6) is -0.229. The zero-order valence-electron chi connectivity index (χ0n) is 7.43. The van der Waals surface area contributed by atoms with Gasteiger partial charge >= 0.3 is 6.36 Å². The van der Waals surface area contributed by atoms with Gasteiger partial charge in [-0.15, -0.1) is 13.2 Å². The molecule has 4 heteroatoms. The molecule has 0 rings (SSSR count). The molecule has 0 heterocycles. The zero-order valence-corrected chi connectivity index (χ0v) is 7.43. The van der Waals surface area contributed by atoms with E-state index in [9.17, 15) is 13.2 Å². The summed E-state index contributed by atoms with van der Waals surface area (Å²) in [6.45, 7) is 3.32. The lowest BCUT2D eigenvalue weighted by molar-refractivity contribution is -0.303. The van der Waals surface area contributed by atoms with Gasteiger partial charge in [0.05, 0.1) is 0 Å². The predicted octanol–water partition coefficient (Wildman–Crippen LogP) is 3.56. The molecule has 0 aliphatic heterocycles. The van der Waals surface area contributed by atoms with E-state index in [1.54, 1.807) is 19.9 Å². The van der Waals surface area contributed by atoms with Crippen molar-refractivity contribution in [3.63, 3.8) is 0 Å². The highest BCUT2D eigenvalue weighted by atomic mass is 19.4. The Morgan fingerprint density at radius 3 is 2.15 bits per heavy atom. The average molecular weight is 192 g/mol. The van der Waals surface area contributed by atoms with E-state index in [-0.39, 0.29) is 5.76 Å². The first kappa shape index (κ1) is 11.8. The van der Waals surface area contributed by atoms with Gasteiger partial charge < -0.3 is 4.74 Å². The summed E-state index contributed by atoms with van der Waals surface area (Å²) in [7, 11) is 0. The summed E-state index contributed by atoms with van der Waals surface area (Å²) < 4.78 is 38.9. The molecular weight excluding hydrogens is 181 g/mol. The van der Waals surface area contributed by atoms with E-state index in [0.717, 1.165) is 0 Å². The number of halogens is 3. The van der Waals surface area contributed by atoms with Gasteiger partial charge in [-0.2, -0.15) is 0 Å². The summed E-state index contributed by atoms with van der Waals surface area (Å²) in [6, 6.07) is 0. The smallest absolute Gasteiger partial charge is 0.406 e. The third kappa shape index (κ3) is 7.18. The van der Waals surface area contributed by atoms with E-state index in [1.165, 1.54) is 24.3 Å². The maximum Gasteiger partial charge on any atom is 0.573 e. The molecule has 74 valence electrons. The van der Waals surface area contributed by atoms with E-state index in [4.69, 9.17) is 0 Å². The van der Waals surface area contributed by atoms with Crippen LogP contribution in [-0.2, 0) is 4.74 Å². The number of alkyl halides is 3. The van der Waals surface area contributed by atoms with Crippen molar-refractivity contribution in [2.75, 3.05) is 0 Å². The molecule has 0 amide bonds. The van der Waals surface area contributed by atoms with Gasteiger partial charge in [0.15, 0.2) is 0 Å². The zero-order chi connectivity index (χ0) is 10.3. The van der Waals surface area contributed by atoms with Crippen molar-refractivity contribution in [2.24, 2.45) is 0 Å². The van der Waals surface area contributed by atoms with Crippen LogP contribution in [0.3, 0.4) is 0 Å². The van der Waals surface area contributed by atoms with Gasteiger partial charge in [-0.25, -0.2) is 0 Å². The van der Waals surface area contributed by atoms with Gasteiger partial charge in [0.25, 0.3) is 0 Å². The lowest BCUT2D eigenvalue weighted by Gasteiger charge is -2.08. The Morgan fingerprint density at radius 1 is 1.15 bits per heavy atom. The molecular formula is C9H11F3O. The van der Waals surface area contributed by atoms with Crippen LogP contribution in [0.1, 0.15) is 13.8 Å².